The van der Waals surface area contributed by atoms with Crippen LogP contribution in [0.5, 0.6) is 0 Å². The Morgan fingerprint density at radius 2 is 1.73 bits per heavy atom. The summed E-state index contributed by atoms with van der Waals surface area (Å²) in [7, 11) is 0. The van der Waals surface area contributed by atoms with Crippen molar-refractivity contribution in [2.24, 2.45) is 5.41 Å². The summed E-state index contributed by atoms with van der Waals surface area (Å²) in [6, 6.07) is 2.74. The Balaban J connectivity index is 2.47. The summed E-state index contributed by atoms with van der Waals surface area (Å²) in [6.07, 6.45) is 1.87. The first-order valence-corrected chi connectivity index (χ1v) is 5.37. The maximum Gasteiger partial charge on any atom is 0.159 e. The van der Waals surface area contributed by atoms with Gasteiger partial charge >= 0.3 is 0 Å². The number of hydrogen-bond acceptors (Lipinski definition) is 0. The van der Waals surface area contributed by atoms with E-state index in [0.717, 1.165) is 24.0 Å². The quantitative estimate of drug-likeness (QED) is 0.606. The minimum atomic E-state index is -0.719. The summed E-state index contributed by atoms with van der Waals surface area (Å²) in [5, 5.41) is 0. The summed E-state index contributed by atoms with van der Waals surface area (Å²) in [6.45, 7) is 6.44. The van der Waals surface area contributed by atoms with Gasteiger partial charge in [0.25, 0.3) is 0 Å². The zero-order chi connectivity index (χ0) is 11.2. The Kier molecular flexibility index (Phi) is 2.32. The molecule has 0 amide bonds. The van der Waals surface area contributed by atoms with E-state index in [4.69, 9.17) is 0 Å². The highest BCUT2D eigenvalue weighted by atomic mass is 19.2. The van der Waals surface area contributed by atoms with Crippen molar-refractivity contribution in [1.29, 1.82) is 0 Å². The summed E-state index contributed by atoms with van der Waals surface area (Å²) in [5.74, 6) is -1.09. The second-order valence-corrected chi connectivity index (χ2v) is 5.42. The smallest absolute Gasteiger partial charge is 0.159 e. The molecule has 1 aromatic carbocycles. The molecule has 1 aliphatic rings. The van der Waals surface area contributed by atoms with Crippen molar-refractivity contribution in [2.75, 3.05) is 0 Å². The highest BCUT2D eigenvalue weighted by molar-refractivity contribution is 5.37. The Bertz CT molecular complexity index is 388. The zero-order valence-corrected chi connectivity index (χ0v) is 9.40. The molecule has 0 saturated heterocycles. The van der Waals surface area contributed by atoms with Crippen molar-refractivity contribution >= 4 is 0 Å². The van der Waals surface area contributed by atoms with Gasteiger partial charge in [-0.1, -0.05) is 20.8 Å². The van der Waals surface area contributed by atoms with Gasteiger partial charge in [0.15, 0.2) is 11.6 Å². The van der Waals surface area contributed by atoms with Crippen LogP contribution < -0.4 is 0 Å². The molecule has 1 atom stereocenters. The lowest BCUT2D eigenvalue weighted by molar-refractivity contribution is 0.318. The Morgan fingerprint density at radius 3 is 2.33 bits per heavy atom. The lowest BCUT2D eigenvalue weighted by atomic mass is 9.77. The highest BCUT2D eigenvalue weighted by Crippen LogP contribution is 2.45. The first-order chi connectivity index (χ1) is 6.89. The molecular weight excluding hydrogens is 194 g/mol. The minimum absolute atomic E-state index is 0.121. The molecule has 0 bridgehead atoms. The van der Waals surface area contributed by atoms with Crippen molar-refractivity contribution in [3.63, 3.8) is 0 Å². The normalized spacial score (nSPS) is 20.5. The van der Waals surface area contributed by atoms with Crippen LogP contribution in [0.2, 0.25) is 0 Å². The average Bonchev–Trinajstić information content (AvgIpc) is 2.47. The molecule has 1 aromatic rings. The summed E-state index contributed by atoms with van der Waals surface area (Å²) >= 11 is 0. The third-order valence-corrected chi connectivity index (χ3v) is 3.31. The fraction of sp³-hybridized carbons (Fsp3) is 0.538. The molecule has 0 aromatic heterocycles. The summed E-state index contributed by atoms with van der Waals surface area (Å²) < 4.78 is 26.2. The SMILES string of the molecule is CC(C)(C)C1CCc2cc(F)c(F)cc21. The lowest BCUT2D eigenvalue weighted by Gasteiger charge is -2.27. The largest absolute Gasteiger partial charge is 0.204 e. The van der Waals surface area contributed by atoms with E-state index in [1.54, 1.807) is 0 Å². The number of hydrogen-bond donors (Lipinski definition) is 0. The van der Waals surface area contributed by atoms with Crippen molar-refractivity contribution in [3.05, 3.63) is 34.9 Å². The first-order valence-electron chi connectivity index (χ1n) is 5.37. The average molecular weight is 210 g/mol. The van der Waals surface area contributed by atoms with Gasteiger partial charge in [-0.3, -0.25) is 0 Å². The molecule has 0 aliphatic heterocycles. The van der Waals surface area contributed by atoms with Crippen LogP contribution in [0, 0.1) is 17.0 Å². The number of halogens is 2. The molecule has 82 valence electrons. The monoisotopic (exact) mass is 210 g/mol. The topological polar surface area (TPSA) is 0 Å². The van der Waals surface area contributed by atoms with E-state index in [9.17, 15) is 8.78 Å². The maximum absolute atomic E-state index is 13.2. The fourth-order valence-corrected chi connectivity index (χ4v) is 2.50. The van der Waals surface area contributed by atoms with Crippen molar-refractivity contribution in [2.45, 2.75) is 39.5 Å². The van der Waals surface area contributed by atoms with Gasteiger partial charge in [-0.2, -0.15) is 0 Å². The first kappa shape index (κ1) is 10.6. The van der Waals surface area contributed by atoms with E-state index in [2.05, 4.69) is 20.8 Å². The number of aryl methyl sites for hydroxylation is 1. The molecule has 0 radical (unpaired) electrons. The number of rotatable bonds is 0. The molecular formula is C13H16F2. The van der Waals surface area contributed by atoms with Crippen LogP contribution in [0.25, 0.3) is 0 Å². The third kappa shape index (κ3) is 1.77. The van der Waals surface area contributed by atoms with Crippen molar-refractivity contribution in [1.82, 2.24) is 0 Å². The molecule has 0 fully saturated rings. The Morgan fingerprint density at radius 1 is 1.13 bits per heavy atom. The van der Waals surface area contributed by atoms with E-state index in [-0.39, 0.29) is 5.41 Å². The molecule has 2 heteroatoms. The van der Waals surface area contributed by atoms with Gasteiger partial charge in [0.05, 0.1) is 0 Å². The minimum Gasteiger partial charge on any atom is -0.204 e. The van der Waals surface area contributed by atoms with Gasteiger partial charge in [0, 0.05) is 0 Å². The van der Waals surface area contributed by atoms with Crippen LogP contribution in [0.4, 0.5) is 8.78 Å². The van der Waals surface area contributed by atoms with Crippen LogP contribution in [0.15, 0.2) is 12.1 Å². The van der Waals surface area contributed by atoms with Crippen molar-refractivity contribution in [3.8, 4) is 0 Å². The van der Waals surface area contributed by atoms with Gasteiger partial charge in [-0.05, 0) is 47.4 Å². The molecule has 1 unspecified atom stereocenters. The zero-order valence-electron chi connectivity index (χ0n) is 9.40. The van der Waals surface area contributed by atoms with Gasteiger partial charge < -0.3 is 0 Å². The van der Waals surface area contributed by atoms with E-state index in [0.29, 0.717) is 5.92 Å². The van der Waals surface area contributed by atoms with Crippen LogP contribution in [-0.2, 0) is 6.42 Å². The van der Waals surface area contributed by atoms with Crippen LogP contribution in [-0.4, -0.2) is 0 Å². The third-order valence-electron chi connectivity index (χ3n) is 3.31. The van der Waals surface area contributed by atoms with E-state index >= 15 is 0 Å². The molecule has 0 spiro atoms. The number of fused-ring (bicyclic) bond motifs is 1. The predicted octanol–water partition coefficient (Wildman–Crippen LogP) is 4.04. The molecule has 0 N–H and O–H groups in total. The van der Waals surface area contributed by atoms with Gasteiger partial charge in [0.1, 0.15) is 0 Å². The second kappa shape index (κ2) is 3.29. The molecule has 2 rings (SSSR count). The number of benzene rings is 1. The molecule has 15 heavy (non-hydrogen) atoms. The summed E-state index contributed by atoms with van der Waals surface area (Å²) in [5.41, 5.74) is 2.10. The van der Waals surface area contributed by atoms with E-state index in [1.807, 2.05) is 0 Å². The molecule has 0 heterocycles. The summed E-state index contributed by atoms with van der Waals surface area (Å²) in [4.78, 5) is 0. The lowest BCUT2D eigenvalue weighted by Crippen LogP contribution is -2.16. The predicted molar refractivity (Wildman–Crippen MR) is 56.9 cm³/mol. The van der Waals surface area contributed by atoms with Gasteiger partial charge in [0.2, 0.25) is 0 Å². The van der Waals surface area contributed by atoms with E-state index < -0.39 is 11.6 Å². The van der Waals surface area contributed by atoms with Gasteiger partial charge in [-0.15, -0.1) is 0 Å². The van der Waals surface area contributed by atoms with Crippen LogP contribution in [0.1, 0.15) is 44.2 Å². The fourth-order valence-electron chi connectivity index (χ4n) is 2.50. The van der Waals surface area contributed by atoms with Crippen LogP contribution in [0.3, 0.4) is 0 Å². The Labute approximate surface area is 89.3 Å². The second-order valence-electron chi connectivity index (χ2n) is 5.42. The standard InChI is InChI=1S/C13H16F2/c1-13(2,3)10-5-4-8-6-11(14)12(15)7-9(8)10/h6-7,10H,4-5H2,1-3H3. The van der Waals surface area contributed by atoms with Crippen molar-refractivity contribution < 1.29 is 8.78 Å². The Hall–Kier alpha value is -0.920. The van der Waals surface area contributed by atoms with Gasteiger partial charge in [-0.25, -0.2) is 8.78 Å². The molecule has 0 saturated carbocycles. The highest BCUT2D eigenvalue weighted by Gasteiger charge is 2.33. The van der Waals surface area contributed by atoms with Crippen LogP contribution >= 0.6 is 0 Å². The van der Waals surface area contributed by atoms with E-state index in [1.165, 1.54) is 12.1 Å². The maximum atomic E-state index is 13.2. The molecule has 0 nitrogen and oxygen atoms in total. The molecule has 1 aliphatic carbocycles.